The summed E-state index contributed by atoms with van der Waals surface area (Å²) in [6.07, 6.45) is 3.46. The molecule has 29 heavy (non-hydrogen) atoms. The molecule has 0 fully saturated rings. The van der Waals surface area contributed by atoms with E-state index in [1.54, 1.807) is 7.11 Å². The minimum atomic E-state index is 0.132. The topological polar surface area (TPSA) is 91.6 Å². The van der Waals surface area contributed by atoms with Gasteiger partial charge in [0.1, 0.15) is 0 Å². The standard InChI is InChI=1S/C22H38N6O/c1-6-28(15-18(29-5)10-12-24-16-23)13-7-11-25-21-26-19-9-8-17(22(2,3)4)14-20(19)27-21/h8-9,14,16,18H,6-7,10-13,15H2,1-5H3,(H2,23,24)(H2,25,26,27). The second-order valence-corrected chi connectivity index (χ2v) is 8.44. The summed E-state index contributed by atoms with van der Waals surface area (Å²) in [5.74, 6) is 0.837. The molecule has 1 aromatic heterocycles. The number of hydrogen-bond donors (Lipinski definition) is 3. The third-order valence-electron chi connectivity index (χ3n) is 5.22. The summed E-state index contributed by atoms with van der Waals surface area (Å²) in [7, 11) is 1.76. The van der Waals surface area contributed by atoms with Gasteiger partial charge in [0.05, 0.1) is 23.5 Å². The predicted octanol–water partition coefficient (Wildman–Crippen LogP) is 3.38. The number of nitrogens with two attached hydrogens (primary N) is 1. The van der Waals surface area contributed by atoms with E-state index in [1.807, 2.05) is 0 Å². The van der Waals surface area contributed by atoms with Crippen LogP contribution in [0.5, 0.6) is 0 Å². The van der Waals surface area contributed by atoms with Crippen LogP contribution in [0.3, 0.4) is 0 Å². The largest absolute Gasteiger partial charge is 0.390 e. The molecule has 7 heteroatoms. The highest BCUT2D eigenvalue weighted by Crippen LogP contribution is 2.25. The molecule has 1 atom stereocenters. The average molecular weight is 403 g/mol. The molecule has 0 bridgehead atoms. The molecule has 0 aliphatic heterocycles. The molecule has 0 radical (unpaired) electrons. The maximum absolute atomic E-state index is 5.58. The monoisotopic (exact) mass is 402 g/mol. The van der Waals surface area contributed by atoms with Crippen LogP contribution in [-0.4, -0.2) is 67.1 Å². The van der Waals surface area contributed by atoms with Crippen LogP contribution in [0.25, 0.3) is 11.0 Å². The molecule has 0 aliphatic carbocycles. The Morgan fingerprint density at radius 1 is 1.38 bits per heavy atom. The summed E-state index contributed by atoms with van der Waals surface area (Å²) >= 11 is 0. The number of likely N-dealkylation sites (N-methyl/N-ethyl adjacent to an activating group) is 1. The molecule has 0 spiro atoms. The van der Waals surface area contributed by atoms with Gasteiger partial charge < -0.3 is 25.7 Å². The maximum atomic E-state index is 5.58. The predicted molar refractivity (Wildman–Crippen MR) is 123 cm³/mol. The first-order valence-corrected chi connectivity index (χ1v) is 10.6. The van der Waals surface area contributed by atoms with Crippen LogP contribution >= 0.6 is 0 Å². The van der Waals surface area contributed by atoms with Crippen molar-refractivity contribution in [1.29, 1.82) is 0 Å². The second kappa shape index (κ2) is 11.2. The number of rotatable bonds is 12. The zero-order chi connectivity index (χ0) is 21.3. The molecule has 1 unspecified atom stereocenters. The number of aliphatic imine (C=N–C) groups is 1. The normalized spacial score (nSPS) is 13.6. The first kappa shape index (κ1) is 23.2. The van der Waals surface area contributed by atoms with Gasteiger partial charge in [-0.3, -0.25) is 4.99 Å². The van der Waals surface area contributed by atoms with Crippen LogP contribution in [0, 0.1) is 0 Å². The van der Waals surface area contributed by atoms with Gasteiger partial charge >= 0.3 is 0 Å². The van der Waals surface area contributed by atoms with Crippen LogP contribution in [-0.2, 0) is 10.2 Å². The molecule has 162 valence electrons. The van der Waals surface area contributed by atoms with Gasteiger partial charge in [0.25, 0.3) is 0 Å². The van der Waals surface area contributed by atoms with Crippen LogP contribution in [0.1, 0.15) is 46.1 Å². The van der Waals surface area contributed by atoms with E-state index >= 15 is 0 Å². The number of aromatic amines is 1. The molecular weight excluding hydrogens is 364 g/mol. The van der Waals surface area contributed by atoms with Crippen LogP contribution in [0.15, 0.2) is 23.2 Å². The van der Waals surface area contributed by atoms with Gasteiger partial charge in [-0.05, 0) is 49.0 Å². The van der Waals surface area contributed by atoms with Gasteiger partial charge in [-0.2, -0.15) is 0 Å². The number of nitrogens with zero attached hydrogens (tertiary/aromatic N) is 3. The SMILES string of the molecule is CCN(CCCNc1nc2ccc(C(C)(C)C)cc2[nH]1)CC(CCN=CN)OC. The van der Waals surface area contributed by atoms with E-state index in [1.165, 1.54) is 11.9 Å². The summed E-state index contributed by atoms with van der Waals surface area (Å²) in [6, 6.07) is 6.46. The van der Waals surface area contributed by atoms with Crippen LogP contribution < -0.4 is 11.1 Å². The fraction of sp³-hybridized carbons (Fsp3) is 0.636. The first-order chi connectivity index (χ1) is 13.9. The van der Waals surface area contributed by atoms with Gasteiger partial charge in [-0.1, -0.05) is 33.8 Å². The third-order valence-corrected chi connectivity index (χ3v) is 5.22. The van der Waals surface area contributed by atoms with E-state index < -0.39 is 0 Å². The Morgan fingerprint density at radius 2 is 2.17 bits per heavy atom. The summed E-state index contributed by atoms with van der Waals surface area (Å²) in [6.45, 7) is 13.4. The Morgan fingerprint density at radius 3 is 2.83 bits per heavy atom. The summed E-state index contributed by atoms with van der Waals surface area (Å²) in [5, 5.41) is 3.42. The van der Waals surface area contributed by atoms with Crippen molar-refractivity contribution in [3.05, 3.63) is 23.8 Å². The summed E-state index contributed by atoms with van der Waals surface area (Å²) in [5.41, 5.74) is 8.83. The lowest BCUT2D eigenvalue weighted by Gasteiger charge is -2.25. The molecule has 0 amide bonds. The van der Waals surface area contributed by atoms with E-state index in [-0.39, 0.29) is 11.5 Å². The zero-order valence-corrected chi connectivity index (χ0v) is 18.7. The number of methoxy groups -OCH3 is 1. The Labute approximate surface area is 175 Å². The van der Waals surface area contributed by atoms with Crippen molar-refractivity contribution in [2.45, 2.75) is 52.1 Å². The van der Waals surface area contributed by atoms with E-state index in [2.05, 4.69) is 71.1 Å². The van der Waals surface area contributed by atoms with Crippen molar-refractivity contribution >= 4 is 23.3 Å². The lowest BCUT2D eigenvalue weighted by molar-refractivity contribution is 0.0612. The fourth-order valence-electron chi connectivity index (χ4n) is 3.31. The van der Waals surface area contributed by atoms with Crippen molar-refractivity contribution in [2.75, 3.05) is 45.2 Å². The van der Waals surface area contributed by atoms with Gasteiger partial charge in [0, 0.05) is 26.7 Å². The lowest BCUT2D eigenvalue weighted by Crippen LogP contribution is -2.35. The highest BCUT2D eigenvalue weighted by Gasteiger charge is 2.15. The zero-order valence-electron chi connectivity index (χ0n) is 18.7. The lowest BCUT2D eigenvalue weighted by atomic mass is 9.87. The minimum absolute atomic E-state index is 0.132. The Kier molecular flexibility index (Phi) is 8.92. The number of fused-ring (bicyclic) bond motifs is 1. The number of aromatic nitrogens is 2. The Bertz CT molecular complexity index is 764. The number of H-pyrrole nitrogens is 1. The number of ether oxygens (including phenoxy) is 1. The minimum Gasteiger partial charge on any atom is -0.390 e. The molecule has 2 rings (SSSR count). The number of imidazole rings is 1. The second-order valence-electron chi connectivity index (χ2n) is 8.44. The number of hydrogen-bond acceptors (Lipinski definition) is 5. The van der Waals surface area contributed by atoms with E-state index in [0.29, 0.717) is 6.54 Å². The van der Waals surface area contributed by atoms with E-state index in [4.69, 9.17) is 10.5 Å². The Balaban J connectivity index is 1.81. The van der Waals surface area contributed by atoms with Crippen molar-refractivity contribution in [1.82, 2.24) is 14.9 Å². The maximum Gasteiger partial charge on any atom is 0.201 e. The summed E-state index contributed by atoms with van der Waals surface area (Å²) < 4.78 is 5.58. The number of anilines is 1. The molecule has 0 saturated carbocycles. The van der Waals surface area contributed by atoms with Gasteiger partial charge in [-0.15, -0.1) is 0 Å². The van der Waals surface area contributed by atoms with Crippen LogP contribution in [0.2, 0.25) is 0 Å². The molecule has 0 saturated heterocycles. The fourth-order valence-corrected chi connectivity index (χ4v) is 3.31. The molecule has 7 nitrogen and oxygen atoms in total. The summed E-state index contributed by atoms with van der Waals surface area (Å²) in [4.78, 5) is 14.5. The van der Waals surface area contributed by atoms with Crippen LogP contribution in [0.4, 0.5) is 5.95 Å². The van der Waals surface area contributed by atoms with Crippen molar-refractivity contribution in [3.8, 4) is 0 Å². The Hall–Kier alpha value is -2.12. The van der Waals surface area contributed by atoms with Crippen molar-refractivity contribution < 1.29 is 4.74 Å². The van der Waals surface area contributed by atoms with E-state index in [9.17, 15) is 0 Å². The molecular formula is C22H38N6O. The smallest absolute Gasteiger partial charge is 0.201 e. The molecule has 4 N–H and O–H groups in total. The van der Waals surface area contributed by atoms with E-state index in [0.717, 1.165) is 56.0 Å². The average Bonchev–Trinajstić information content (AvgIpc) is 3.10. The highest BCUT2D eigenvalue weighted by atomic mass is 16.5. The molecule has 1 aromatic carbocycles. The molecule has 2 aromatic rings. The quantitative estimate of drug-likeness (QED) is 0.288. The van der Waals surface area contributed by atoms with Gasteiger partial charge in [0.2, 0.25) is 5.95 Å². The van der Waals surface area contributed by atoms with Gasteiger partial charge in [-0.25, -0.2) is 4.98 Å². The molecule has 1 heterocycles. The molecule has 0 aliphatic rings. The number of benzene rings is 1. The number of nitrogens with one attached hydrogen (secondary N) is 2. The van der Waals surface area contributed by atoms with Crippen molar-refractivity contribution in [2.24, 2.45) is 10.7 Å². The third kappa shape index (κ3) is 7.33. The highest BCUT2D eigenvalue weighted by molar-refractivity contribution is 5.78. The first-order valence-electron chi connectivity index (χ1n) is 10.6. The van der Waals surface area contributed by atoms with Gasteiger partial charge in [0.15, 0.2) is 0 Å². The van der Waals surface area contributed by atoms with Crippen molar-refractivity contribution in [3.63, 3.8) is 0 Å².